The molecular formula is C25H33N3O2. The van der Waals surface area contributed by atoms with Gasteiger partial charge < -0.3 is 9.69 Å². The Labute approximate surface area is 180 Å². The fourth-order valence-corrected chi connectivity index (χ4v) is 4.03. The lowest BCUT2D eigenvalue weighted by atomic mass is 9.84. The number of piperazine rings is 1. The van der Waals surface area contributed by atoms with Gasteiger partial charge in [0, 0.05) is 50.4 Å². The summed E-state index contributed by atoms with van der Waals surface area (Å²) in [6.45, 7) is 6.67. The molecule has 2 aromatic rings. The number of anilines is 1. The van der Waals surface area contributed by atoms with Gasteiger partial charge in [-0.05, 0) is 57.3 Å². The molecule has 1 aliphatic heterocycles. The van der Waals surface area contributed by atoms with E-state index in [2.05, 4.69) is 34.1 Å². The highest BCUT2D eigenvalue weighted by Crippen LogP contribution is 2.25. The minimum absolute atomic E-state index is 0.140. The van der Waals surface area contributed by atoms with Crippen LogP contribution in [-0.4, -0.2) is 74.2 Å². The molecule has 0 saturated carbocycles. The fourth-order valence-electron chi connectivity index (χ4n) is 4.03. The van der Waals surface area contributed by atoms with E-state index in [9.17, 15) is 9.59 Å². The highest BCUT2D eigenvalue weighted by atomic mass is 16.1. The van der Waals surface area contributed by atoms with Crippen LogP contribution in [0.15, 0.2) is 54.6 Å². The average molecular weight is 408 g/mol. The first-order chi connectivity index (χ1) is 14.4. The van der Waals surface area contributed by atoms with Crippen molar-refractivity contribution in [1.29, 1.82) is 0 Å². The maximum atomic E-state index is 13.5. The smallest absolute Gasteiger partial charge is 0.183 e. The van der Waals surface area contributed by atoms with Crippen LogP contribution in [0.2, 0.25) is 0 Å². The molecule has 1 saturated heterocycles. The van der Waals surface area contributed by atoms with E-state index >= 15 is 0 Å². The van der Waals surface area contributed by atoms with E-state index in [1.165, 1.54) is 0 Å². The molecule has 0 spiro atoms. The van der Waals surface area contributed by atoms with Gasteiger partial charge in [-0.1, -0.05) is 30.3 Å². The quantitative estimate of drug-likeness (QED) is 0.472. The summed E-state index contributed by atoms with van der Waals surface area (Å²) in [6.07, 6.45) is 2.26. The molecule has 2 aromatic carbocycles. The molecule has 0 aromatic heterocycles. The zero-order chi connectivity index (χ0) is 21.6. The first-order valence-electron chi connectivity index (χ1n) is 10.7. The Morgan fingerprint density at radius 2 is 1.63 bits per heavy atom. The summed E-state index contributed by atoms with van der Waals surface area (Å²) >= 11 is 0. The number of carbonyl (C=O) groups excluding carboxylic acids is 2. The van der Waals surface area contributed by atoms with Crippen molar-refractivity contribution >= 4 is 17.8 Å². The summed E-state index contributed by atoms with van der Waals surface area (Å²) in [5.41, 5.74) is 2.45. The Bertz CT molecular complexity index is 827. The van der Waals surface area contributed by atoms with Crippen LogP contribution in [0.25, 0.3) is 0 Å². The van der Waals surface area contributed by atoms with Crippen molar-refractivity contribution in [3.8, 4) is 0 Å². The van der Waals surface area contributed by atoms with Crippen molar-refractivity contribution in [2.45, 2.75) is 25.3 Å². The van der Waals surface area contributed by atoms with Gasteiger partial charge in [0.2, 0.25) is 0 Å². The summed E-state index contributed by atoms with van der Waals surface area (Å²) in [5.74, 6) is 0.140. The molecule has 0 aliphatic carbocycles. The van der Waals surface area contributed by atoms with E-state index in [1.807, 2.05) is 56.3 Å². The standard InChI is InChI=1S/C25H33N3O2/c1-25(26(2)3,20-21-8-5-4-6-9-21)24(30)22-10-12-23(13-11-22)28-17-15-27(16-18-28)14-7-19-29/h4-6,8-13,19H,7,14-18,20H2,1-3H3. The number of carbonyl (C=O) groups is 2. The lowest BCUT2D eigenvalue weighted by molar-refractivity contribution is -0.108. The number of aldehydes is 1. The van der Waals surface area contributed by atoms with Crippen LogP contribution in [-0.2, 0) is 11.2 Å². The molecule has 1 atom stereocenters. The van der Waals surface area contributed by atoms with Crippen molar-refractivity contribution < 1.29 is 9.59 Å². The van der Waals surface area contributed by atoms with Crippen molar-refractivity contribution in [2.24, 2.45) is 0 Å². The third kappa shape index (κ3) is 5.15. The number of ketones is 1. The fraction of sp³-hybridized carbons (Fsp3) is 0.440. The van der Waals surface area contributed by atoms with Crippen LogP contribution >= 0.6 is 0 Å². The van der Waals surface area contributed by atoms with Gasteiger partial charge in [0.15, 0.2) is 5.78 Å². The summed E-state index contributed by atoms with van der Waals surface area (Å²) in [7, 11) is 3.94. The summed E-state index contributed by atoms with van der Waals surface area (Å²) in [4.78, 5) is 30.7. The number of hydrogen-bond acceptors (Lipinski definition) is 5. The van der Waals surface area contributed by atoms with E-state index in [0.29, 0.717) is 12.8 Å². The molecule has 30 heavy (non-hydrogen) atoms. The lowest BCUT2D eigenvalue weighted by Gasteiger charge is -2.36. The minimum atomic E-state index is -0.604. The van der Waals surface area contributed by atoms with Crippen LogP contribution in [0.1, 0.15) is 29.3 Å². The monoisotopic (exact) mass is 407 g/mol. The van der Waals surface area contributed by atoms with Gasteiger partial charge >= 0.3 is 0 Å². The number of likely N-dealkylation sites (N-methyl/N-ethyl adjacent to an activating group) is 1. The summed E-state index contributed by atoms with van der Waals surface area (Å²) in [6, 6.07) is 18.2. The summed E-state index contributed by atoms with van der Waals surface area (Å²) in [5, 5.41) is 0. The van der Waals surface area contributed by atoms with Gasteiger partial charge in [-0.25, -0.2) is 0 Å². The zero-order valence-electron chi connectivity index (χ0n) is 18.4. The van der Waals surface area contributed by atoms with Gasteiger partial charge in [0.25, 0.3) is 0 Å². The maximum absolute atomic E-state index is 13.5. The molecule has 0 bridgehead atoms. The molecule has 1 heterocycles. The third-order valence-electron chi connectivity index (χ3n) is 6.30. The normalized spacial score (nSPS) is 17.0. The Hall–Kier alpha value is -2.50. The second-order valence-electron chi connectivity index (χ2n) is 8.49. The highest BCUT2D eigenvalue weighted by Gasteiger charge is 2.36. The minimum Gasteiger partial charge on any atom is -0.369 e. The predicted molar refractivity (Wildman–Crippen MR) is 122 cm³/mol. The number of Topliss-reactive ketones (excluding diaryl/α,β-unsaturated/α-hetero) is 1. The first-order valence-corrected chi connectivity index (χ1v) is 10.7. The number of benzene rings is 2. The van der Waals surface area contributed by atoms with Gasteiger partial charge in [0.05, 0.1) is 5.54 Å². The molecule has 160 valence electrons. The number of nitrogens with zero attached hydrogens (tertiary/aromatic N) is 3. The third-order valence-corrected chi connectivity index (χ3v) is 6.30. The Balaban J connectivity index is 1.68. The maximum Gasteiger partial charge on any atom is 0.183 e. The van der Waals surface area contributed by atoms with Crippen LogP contribution in [0.4, 0.5) is 5.69 Å². The molecule has 0 N–H and O–H groups in total. The number of rotatable bonds is 9. The van der Waals surface area contributed by atoms with E-state index in [1.54, 1.807) is 0 Å². The first kappa shape index (κ1) is 22.2. The van der Waals surface area contributed by atoms with Crippen molar-refractivity contribution in [3.05, 3.63) is 65.7 Å². The second-order valence-corrected chi connectivity index (χ2v) is 8.49. The Kier molecular flexibility index (Phi) is 7.40. The second kappa shape index (κ2) is 10.0. The van der Waals surface area contributed by atoms with Gasteiger partial charge in [-0.3, -0.25) is 14.6 Å². The van der Waals surface area contributed by atoms with Crippen molar-refractivity contribution in [3.63, 3.8) is 0 Å². The number of hydrogen-bond donors (Lipinski definition) is 0. The van der Waals surface area contributed by atoms with Gasteiger partial charge in [-0.2, -0.15) is 0 Å². The largest absolute Gasteiger partial charge is 0.369 e. The summed E-state index contributed by atoms with van der Waals surface area (Å²) < 4.78 is 0. The topological polar surface area (TPSA) is 43.9 Å². The van der Waals surface area contributed by atoms with Crippen LogP contribution < -0.4 is 4.90 Å². The Morgan fingerprint density at radius 1 is 1.00 bits per heavy atom. The Morgan fingerprint density at radius 3 is 2.20 bits per heavy atom. The van der Waals surface area contributed by atoms with Crippen LogP contribution in [0.5, 0.6) is 0 Å². The lowest BCUT2D eigenvalue weighted by Crippen LogP contribution is -2.50. The van der Waals surface area contributed by atoms with E-state index in [-0.39, 0.29) is 5.78 Å². The van der Waals surface area contributed by atoms with Crippen molar-refractivity contribution in [2.75, 3.05) is 51.7 Å². The molecular weight excluding hydrogens is 374 g/mol. The predicted octanol–water partition coefficient (Wildman–Crippen LogP) is 3.14. The molecule has 1 fully saturated rings. The highest BCUT2D eigenvalue weighted by molar-refractivity contribution is 6.03. The molecule has 0 amide bonds. The average Bonchev–Trinajstić information content (AvgIpc) is 2.78. The van der Waals surface area contributed by atoms with Crippen LogP contribution in [0.3, 0.4) is 0 Å². The molecule has 5 heteroatoms. The SMILES string of the molecule is CN(C)C(C)(Cc1ccccc1)C(=O)c1ccc(N2CCN(CCC=O)CC2)cc1. The van der Waals surface area contributed by atoms with Crippen molar-refractivity contribution in [1.82, 2.24) is 9.80 Å². The van der Waals surface area contributed by atoms with Gasteiger partial charge in [0.1, 0.15) is 6.29 Å². The van der Waals surface area contributed by atoms with E-state index < -0.39 is 5.54 Å². The molecule has 1 unspecified atom stereocenters. The molecule has 3 rings (SSSR count). The van der Waals surface area contributed by atoms with E-state index in [0.717, 1.165) is 55.8 Å². The van der Waals surface area contributed by atoms with Gasteiger partial charge in [-0.15, -0.1) is 0 Å². The molecule has 1 aliphatic rings. The van der Waals surface area contributed by atoms with E-state index in [4.69, 9.17) is 0 Å². The molecule has 0 radical (unpaired) electrons. The molecule has 5 nitrogen and oxygen atoms in total. The van der Waals surface area contributed by atoms with Crippen LogP contribution in [0, 0.1) is 0 Å². The zero-order valence-corrected chi connectivity index (χ0v) is 18.4.